The molecular formula is C59H60F6N10. The molecule has 0 saturated carbocycles. The van der Waals surface area contributed by atoms with Crippen molar-refractivity contribution in [3.8, 4) is 22.5 Å². The first-order valence-corrected chi connectivity index (χ1v) is 25.6. The van der Waals surface area contributed by atoms with Gasteiger partial charge in [-0.3, -0.25) is 19.8 Å². The Bertz CT molecular complexity index is 3330. The standard InChI is InChI=1S/C59H60F6N10/c1-56(2,3)40-18-22-42(23-19-40)74(54-44-26-16-38(52-46(58(60,61)62)14-12-28-66-52)34-48(44)68-50(70-54)36-72-30-8-7-9-31-72)75(43-24-20-41(21-25-43)57(4,5)6)55-45-27-17-39(53-47(59(63,64)65)15-13-29-67-53)35-49(45)69-51(71-55)37-73-32-10-11-33-73/h12-29,34-35H,7-11,30-33,36-37H2,1-6H3. The number of alkyl halides is 6. The summed E-state index contributed by atoms with van der Waals surface area (Å²) in [5.74, 6) is 1.78. The van der Waals surface area contributed by atoms with Crippen LogP contribution in [-0.4, -0.2) is 65.9 Å². The number of aromatic nitrogens is 6. The normalized spacial score (nSPS) is 15.3. The molecule has 0 unspecified atom stereocenters. The van der Waals surface area contributed by atoms with E-state index in [0.29, 0.717) is 69.6 Å². The van der Waals surface area contributed by atoms with Gasteiger partial charge in [0.25, 0.3) is 0 Å². The van der Waals surface area contributed by atoms with Crippen LogP contribution in [0.25, 0.3) is 44.3 Å². The maximum atomic E-state index is 14.6. The molecule has 2 aliphatic heterocycles. The minimum absolute atomic E-state index is 0.211. The van der Waals surface area contributed by atoms with Crippen molar-refractivity contribution >= 4 is 44.8 Å². The molecular weight excluding hydrogens is 963 g/mol. The topological polar surface area (TPSA) is 90.3 Å². The van der Waals surface area contributed by atoms with Crippen molar-refractivity contribution in [2.24, 2.45) is 0 Å². The highest BCUT2D eigenvalue weighted by Gasteiger charge is 2.37. The van der Waals surface area contributed by atoms with Crippen LogP contribution in [-0.2, 0) is 36.3 Å². The molecule has 8 aromatic rings. The van der Waals surface area contributed by atoms with Gasteiger partial charge in [0.1, 0.15) is 11.6 Å². The van der Waals surface area contributed by atoms with E-state index in [9.17, 15) is 26.3 Å². The summed E-state index contributed by atoms with van der Waals surface area (Å²) in [6, 6.07) is 31.1. The predicted octanol–water partition coefficient (Wildman–Crippen LogP) is 14.8. The van der Waals surface area contributed by atoms with Gasteiger partial charge in [-0.25, -0.2) is 30.0 Å². The zero-order chi connectivity index (χ0) is 52.9. The Morgan fingerprint density at radius 2 is 0.827 bits per heavy atom. The fourth-order valence-corrected chi connectivity index (χ4v) is 10.1. The average molecular weight is 1020 g/mol. The molecule has 4 aromatic heterocycles. The van der Waals surface area contributed by atoms with Gasteiger partial charge in [0.2, 0.25) is 0 Å². The second kappa shape index (κ2) is 20.2. The molecule has 2 saturated heterocycles. The lowest BCUT2D eigenvalue weighted by atomic mass is 9.87. The fraction of sp³-hybridized carbons (Fsp3) is 0.356. The van der Waals surface area contributed by atoms with E-state index < -0.39 is 23.5 Å². The van der Waals surface area contributed by atoms with Crippen LogP contribution < -0.4 is 10.0 Å². The molecule has 10 nitrogen and oxygen atoms in total. The Labute approximate surface area is 433 Å². The Morgan fingerprint density at radius 1 is 0.453 bits per heavy atom. The van der Waals surface area contributed by atoms with Crippen molar-refractivity contribution in [2.75, 3.05) is 36.2 Å². The molecule has 0 radical (unpaired) electrons. The third-order valence-corrected chi connectivity index (χ3v) is 14.2. The van der Waals surface area contributed by atoms with Crippen LogP contribution in [0.4, 0.5) is 49.4 Å². The van der Waals surface area contributed by atoms with Crippen molar-refractivity contribution < 1.29 is 26.3 Å². The summed E-state index contributed by atoms with van der Waals surface area (Å²) in [6.45, 7) is 17.0. The summed E-state index contributed by atoms with van der Waals surface area (Å²) in [6.07, 6.45) is -1.48. The number of hydrogen-bond donors (Lipinski definition) is 0. The van der Waals surface area contributed by atoms with Gasteiger partial charge in [-0.15, -0.1) is 0 Å². The fourth-order valence-electron chi connectivity index (χ4n) is 10.1. The number of hydrazine groups is 1. The van der Waals surface area contributed by atoms with Crippen LogP contribution in [0.5, 0.6) is 0 Å². The maximum Gasteiger partial charge on any atom is 0.418 e. The molecule has 0 spiro atoms. The van der Waals surface area contributed by atoms with Gasteiger partial charge in [-0.2, -0.15) is 26.3 Å². The Hall–Kier alpha value is -7.04. The van der Waals surface area contributed by atoms with Crippen molar-refractivity contribution in [2.45, 2.75) is 110 Å². The zero-order valence-electron chi connectivity index (χ0n) is 43.1. The van der Waals surface area contributed by atoms with Crippen molar-refractivity contribution in [1.82, 2.24) is 39.7 Å². The van der Waals surface area contributed by atoms with Gasteiger partial charge in [0.15, 0.2) is 11.6 Å². The smallest absolute Gasteiger partial charge is 0.296 e. The summed E-state index contributed by atoms with van der Waals surface area (Å²) in [4.78, 5) is 34.2. The number of hydrogen-bond acceptors (Lipinski definition) is 10. The van der Waals surface area contributed by atoms with Crippen LogP contribution in [0.1, 0.15) is 108 Å². The number of halogens is 6. The molecule has 388 valence electrons. The van der Waals surface area contributed by atoms with Crippen LogP contribution in [0.2, 0.25) is 0 Å². The number of likely N-dealkylation sites (tertiary alicyclic amines) is 2. The summed E-state index contributed by atoms with van der Waals surface area (Å²) < 4.78 is 87.6. The van der Waals surface area contributed by atoms with Crippen LogP contribution in [0, 0.1) is 0 Å². The molecule has 2 fully saturated rings. The first kappa shape index (κ1) is 51.4. The number of benzene rings is 4. The van der Waals surface area contributed by atoms with Crippen LogP contribution in [0.15, 0.2) is 122 Å². The predicted molar refractivity (Wildman–Crippen MR) is 284 cm³/mol. The molecule has 0 amide bonds. The first-order valence-electron chi connectivity index (χ1n) is 25.6. The lowest BCUT2D eigenvalue weighted by Crippen LogP contribution is -2.38. The van der Waals surface area contributed by atoms with E-state index in [1.807, 2.05) is 34.3 Å². The second-order valence-electron chi connectivity index (χ2n) is 21.7. The van der Waals surface area contributed by atoms with E-state index in [1.54, 1.807) is 36.4 Å². The number of piperidine rings is 1. The van der Waals surface area contributed by atoms with E-state index in [1.165, 1.54) is 24.5 Å². The molecule has 0 N–H and O–H groups in total. The minimum atomic E-state index is -4.67. The molecule has 16 heteroatoms. The third kappa shape index (κ3) is 11.0. The summed E-state index contributed by atoms with van der Waals surface area (Å²) in [5.41, 5.74) is 2.21. The molecule has 75 heavy (non-hydrogen) atoms. The molecule has 0 aliphatic carbocycles. The first-order chi connectivity index (χ1) is 35.7. The van der Waals surface area contributed by atoms with Gasteiger partial charge in [0.05, 0.1) is 58.0 Å². The second-order valence-corrected chi connectivity index (χ2v) is 21.7. The Kier molecular flexibility index (Phi) is 13.9. The number of rotatable bonds is 11. The van der Waals surface area contributed by atoms with E-state index in [-0.39, 0.29) is 33.3 Å². The molecule has 10 rings (SSSR count). The van der Waals surface area contributed by atoms with E-state index in [0.717, 1.165) is 81.5 Å². The Balaban J connectivity index is 1.28. The summed E-state index contributed by atoms with van der Waals surface area (Å²) >= 11 is 0. The maximum absolute atomic E-state index is 14.6. The van der Waals surface area contributed by atoms with Crippen LogP contribution in [0.3, 0.4) is 0 Å². The summed E-state index contributed by atoms with van der Waals surface area (Å²) in [5, 5.41) is 5.04. The monoisotopic (exact) mass is 1020 g/mol. The minimum Gasteiger partial charge on any atom is -0.296 e. The molecule has 2 aliphatic rings. The highest BCUT2D eigenvalue weighted by atomic mass is 19.4. The SMILES string of the molecule is CC(C)(C)c1ccc(N(c2nc(CN3CCCCC3)nc3cc(-c4ncccc4C(F)(F)F)ccc23)N(c2ccc(C(C)(C)C)cc2)c2nc(CN3CCCC3)nc3cc(-c4ncccc4C(F)(F)F)ccc23)cc1. The van der Waals surface area contributed by atoms with Crippen molar-refractivity contribution in [1.29, 1.82) is 0 Å². The van der Waals surface area contributed by atoms with Crippen LogP contribution >= 0.6 is 0 Å². The number of pyridine rings is 2. The number of fused-ring (bicyclic) bond motifs is 2. The van der Waals surface area contributed by atoms with E-state index >= 15 is 0 Å². The molecule has 4 aromatic carbocycles. The van der Waals surface area contributed by atoms with E-state index in [2.05, 4.69) is 85.6 Å². The number of anilines is 4. The van der Waals surface area contributed by atoms with Gasteiger partial charge in [-0.05, 0) is 147 Å². The zero-order valence-corrected chi connectivity index (χ0v) is 43.1. The number of nitrogens with zero attached hydrogens (tertiary/aromatic N) is 10. The van der Waals surface area contributed by atoms with Gasteiger partial charge in [-0.1, -0.05) is 84.4 Å². The highest BCUT2D eigenvalue weighted by Crippen LogP contribution is 2.45. The van der Waals surface area contributed by atoms with E-state index in [4.69, 9.17) is 19.9 Å². The van der Waals surface area contributed by atoms with Gasteiger partial charge < -0.3 is 0 Å². The molecule has 0 atom stereocenters. The molecule has 0 bridgehead atoms. The summed E-state index contributed by atoms with van der Waals surface area (Å²) in [7, 11) is 0. The Morgan fingerprint density at radius 3 is 1.19 bits per heavy atom. The van der Waals surface area contributed by atoms with Crippen molar-refractivity contribution in [3.63, 3.8) is 0 Å². The average Bonchev–Trinajstić information content (AvgIpc) is 3.90. The lowest BCUT2D eigenvalue weighted by Gasteiger charge is -2.38. The lowest BCUT2D eigenvalue weighted by molar-refractivity contribution is -0.138. The molecule has 6 heterocycles. The third-order valence-electron chi connectivity index (χ3n) is 14.2. The van der Waals surface area contributed by atoms with Crippen molar-refractivity contribution in [3.05, 3.63) is 155 Å². The largest absolute Gasteiger partial charge is 0.418 e. The van der Waals surface area contributed by atoms with Gasteiger partial charge >= 0.3 is 12.4 Å². The highest BCUT2D eigenvalue weighted by molar-refractivity contribution is 6.00. The quantitative estimate of drug-likeness (QED) is 0.0921. The van der Waals surface area contributed by atoms with Gasteiger partial charge in [0, 0.05) is 34.3 Å².